The first kappa shape index (κ1) is 30.7. The standard InChI is InChI=1S/C25H25Cl2FN2O2.C2HF3O2/c26-17-11-9-16(10-12-17)25(14-29)20(13-15-5-2-1-3-6-15)30-23(24(31)32)21(25)18-7-4-8-19(27)22(18)28;3-2(4,5)1(6)7/h4,7-12,15,20-21,23,30H,1-3,5-6,13H2,(H,31,32);(H,6,7)/t20-,21-,23+,25-;/m0./s1. The van der Waals surface area contributed by atoms with Crippen molar-refractivity contribution in [1.29, 1.82) is 5.26 Å². The molecule has 2 aliphatic rings. The molecule has 2 aromatic rings. The summed E-state index contributed by atoms with van der Waals surface area (Å²) >= 11 is 12.2. The Kier molecular flexibility index (Phi) is 9.86. The summed E-state index contributed by atoms with van der Waals surface area (Å²) < 4.78 is 47.0. The molecule has 12 heteroatoms. The van der Waals surface area contributed by atoms with Gasteiger partial charge in [-0.15, -0.1) is 0 Å². The third kappa shape index (κ3) is 6.65. The zero-order valence-electron chi connectivity index (χ0n) is 20.5. The van der Waals surface area contributed by atoms with E-state index in [1.165, 1.54) is 18.6 Å². The van der Waals surface area contributed by atoms with Gasteiger partial charge < -0.3 is 10.2 Å². The Balaban J connectivity index is 0.000000532. The van der Waals surface area contributed by atoms with E-state index in [4.69, 9.17) is 33.1 Å². The zero-order chi connectivity index (χ0) is 29.0. The first-order chi connectivity index (χ1) is 18.3. The van der Waals surface area contributed by atoms with Crippen LogP contribution in [0.2, 0.25) is 10.0 Å². The molecule has 39 heavy (non-hydrogen) atoms. The number of carboxylic acid groups (broad SMARTS) is 2. The summed E-state index contributed by atoms with van der Waals surface area (Å²) in [7, 11) is 0. The van der Waals surface area contributed by atoms with E-state index < -0.39 is 47.3 Å². The summed E-state index contributed by atoms with van der Waals surface area (Å²) in [6.45, 7) is 0. The monoisotopic (exact) mass is 588 g/mol. The summed E-state index contributed by atoms with van der Waals surface area (Å²) in [5, 5.41) is 31.5. The van der Waals surface area contributed by atoms with Gasteiger partial charge in [0, 0.05) is 17.0 Å². The number of hydrogen-bond donors (Lipinski definition) is 3. The number of rotatable bonds is 5. The molecule has 1 saturated carbocycles. The van der Waals surface area contributed by atoms with Crippen LogP contribution in [0.4, 0.5) is 17.6 Å². The van der Waals surface area contributed by atoms with E-state index in [-0.39, 0.29) is 10.6 Å². The number of carbonyl (C=O) groups is 2. The molecule has 4 rings (SSSR count). The minimum atomic E-state index is -5.08. The van der Waals surface area contributed by atoms with Crippen molar-refractivity contribution < 1.29 is 37.4 Å². The summed E-state index contributed by atoms with van der Waals surface area (Å²) in [5.74, 6) is -5.13. The number of alkyl halides is 3. The summed E-state index contributed by atoms with van der Waals surface area (Å²) in [6.07, 6.45) is 1.13. The fourth-order valence-electron chi connectivity index (χ4n) is 5.65. The number of benzene rings is 2. The van der Waals surface area contributed by atoms with Gasteiger partial charge in [0.1, 0.15) is 17.3 Å². The van der Waals surface area contributed by atoms with Crippen LogP contribution in [0.5, 0.6) is 0 Å². The molecule has 0 amide bonds. The van der Waals surface area contributed by atoms with E-state index in [2.05, 4.69) is 11.4 Å². The Hall–Kier alpha value is -2.87. The van der Waals surface area contributed by atoms with Gasteiger partial charge >= 0.3 is 18.1 Å². The maximum atomic E-state index is 15.3. The lowest BCUT2D eigenvalue weighted by Crippen LogP contribution is -2.43. The van der Waals surface area contributed by atoms with Gasteiger partial charge in [-0.25, -0.2) is 9.18 Å². The smallest absolute Gasteiger partial charge is 0.480 e. The van der Waals surface area contributed by atoms with Crippen molar-refractivity contribution in [3.63, 3.8) is 0 Å². The van der Waals surface area contributed by atoms with Crippen molar-refractivity contribution >= 4 is 35.1 Å². The predicted molar refractivity (Wildman–Crippen MR) is 136 cm³/mol. The maximum absolute atomic E-state index is 15.3. The van der Waals surface area contributed by atoms with E-state index in [1.54, 1.807) is 30.3 Å². The van der Waals surface area contributed by atoms with Crippen LogP contribution >= 0.6 is 23.2 Å². The fourth-order valence-corrected chi connectivity index (χ4v) is 5.96. The highest BCUT2D eigenvalue weighted by molar-refractivity contribution is 6.31. The lowest BCUT2D eigenvalue weighted by atomic mass is 9.63. The Morgan fingerprint density at radius 2 is 1.64 bits per heavy atom. The Morgan fingerprint density at radius 1 is 1.05 bits per heavy atom. The van der Waals surface area contributed by atoms with Crippen molar-refractivity contribution in [2.45, 2.75) is 68.1 Å². The molecule has 0 bridgehead atoms. The molecule has 1 saturated heterocycles. The third-order valence-corrected chi connectivity index (χ3v) is 7.92. The van der Waals surface area contributed by atoms with Gasteiger partial charge in [0.2, 0.25) is 0 Å². The minimum absolute atomic E-state index is 0.0923. The zero-order valence-corrected chi connectivity index (χ0v) is 22.0. The molecule has 2 aromatic carbocycles. The lowest BCUT2D eigenvalue weighted by Gasteiger charge is -2.36. The fraction of sp³-hybridized carbons (Fsp3) is 0.444. The highest BCUT2D eigenvalue weighted by atomic mass is 35.5. The highest BCUT2D eigenvalue weighted by Gasteiger charge is 2.60. The van der Waals surface area contributed by atoms with Gasteiger partial charge in [0.15, 0.2) is 0 Å². The Morgan fingerprint density at radius 3 is 2.15 bits per heavy atom. The Bertz CT molecular complexity index is 1230. The van der Waals surface area contributed by atoms with E-state index in [0.717, 1.165) is 25.7 Å². The van der Waals surface area contributed by atoms with Gasteiger partial charge in [-0.2, -0.15) is 18.4 Å². The van der Waals surface area contributed by atoms with Crippen LogP contribution < -0.4 is 5.32 Å². The molecule has 210 valence electrons. The minimum Gasteiger partial charge on any atom is -0.480 e. The van der Waals surface area contributed by atoms with Gasteiger partial charge in [-0.3, -0.25) is 10.1 Å². The maximum Gasteiger partial charge on any atom is 0.490 e. The number of hydrogen-bond acceptors (Lipinski definition) is 4. The second-order valence-electron chi connectivity index (χ2n) is 9.69. The topological polar surface area (TPSA) is 110 Å². The summed E-state index contributed by atoms with van der Waals surface area (Å²) in [5.41, 5.74) is -0.526. The SMILES string of the molecule is N#C[C@]1(c2ccc(Cl)cc2)[C@H](CC2CCCCC2)N[C@@H](C(=O)O)[C@@H]1c1cccc(Cl)c1F.O=C(O)C(F)(F)F. The molecule has 2 fully saturated rings. The average Bonchev–Trinajstić information content (AvgIpc) is 3.21. The molecule has 0 spiro atoms. The molecule has 3 N–H and O–H groups in total. The number of halogens is 6. The molecule has 6 nitrogen and oxygen atoms in total. The molecule has 1 aliphatic carbocycles. The highest BCUT2D eigenvalue weighted by Crippen LogP contribution is 2.51. The number of aliphatic carboxylic acids is 2. The van der Waals surface area contributed by atoms with Crippen molar-refractivity contribution in [3.8, 4) is 6.07 Å². The summed E-state index contributed by atoms with van der Waals surface area (Å²) in [4.78, 5) is 21.3. The van der Waals surface area contributed by atoms with Crippen LogP contribution in [0.1, 0.15) is 55.6 Å². The molecule has 4 atom stereocenters. The first-order valence-corrected chi connectivity index (χ1v) is 13.0. The van der Waals surface area contributed by atoms with E-state index >= 15 is 4.39 Å². The van der Waals surface area contributed by atoms with E-state index in [0.29, 0.717) is 22.9 Å². The second kappa shape index (κ2) is 12.5. The average molecular weight is 589 g/mol. The van der Waals surface area contributed by atoms with E-state index in [1.807, 2.05) is 0 Å². The lowest BCUT2D eigenvalue weighted by molar-refractivity contribution is -0.192. The number of nitriles is 1. The van der Waals surface area contributed by atoms with Crippen LogP contribution in [0, 0.1) is 23.1 Å². The molecule has 1 aliphatic heterocycles. The molecule has 0 unspecified atom stereocenters. The first-order valence-electron chi connectivity index (χ1n) is 12.2. The number of carboxylic acids is 2. The predicted octanol–water partition coefficient (Wildman–Crippen LogP) is 6.71. The van der Waals surface area contributed by atoms with Crippen molar-refractivity contribution in [3.05, 3.63) is 69.5 Å². The third-order valence-electron chi connectivity index (χ3n) is 7.38. The van der Waals surface area contributed by atoms with Gasteiger partial charge in [0.05, 0.1) is 11.1 Å². The quantitative estimate of drug-likeness (QED) is 0.335. The molecular weight excluding hydrogens is 563 g/mol. The normalized spacial score (nSPS) is 25.3. The number of nitrogens with zero attached hydrogens (tertiary/aromatic N) is 1. The van der Waals surface area contributed by atoms with Gasteiger partial charge in [-0.05, 0) is 41.7 Å². The van der Waals surface area contributed by atoms with Gasteiger partial charge in [-0.1, -0.05) is 79.6 Å². The van der Waals surface area contributed by atoms with Crippen LogP contribution in [0.25, 0.3) is 0 Å². The van der Waals surface area contributed by atoms with Crippen LogP contribution in [-0.2, 0) is 15.0 Å². The molecule has 0 radical (unpaired) electrons. The van der Waals surface area contributed by atoms with Crippen molar-refractivity contribution in [1.82, 2.24) is 5.32 Å². The van der Waals surface area contributed by atoms with Gasteiger partial charge in [0.25, 0.3) is 0 Å². The van der Waals surface area contributed by atoms with Crippen molar-refractivity contribution in [2.24, 2.45) is 5.92 Å². The van der Waals surface area contributed by atoms with E-state index in [9.17, 15) is 28.3 Å². The van der Waals surface area contributed by atoms with Crippen LogP contribution in [0.3, 0.4) is 0 Å². The largest absolute Gasteiger partial charge is 0.490 e. The molecule has 0 aromatic heterocycles. The Labute approximate surface area is 232 Å². The summed E-state index contributed by atoms with van der Waals surface area (Å²) in [6, 6.07) is 12.3. The van der Waals surface area contributed by atoms with Crippen molar-refractivity contribution in [2.75, 3.05) is 0 Å². The molecular formula is C27H26Cl2F4N2O4. The van der Waals surface area contributed by atoms with Crippen LogP contribution in [-0.4, -0.2) is 40.4 Å². The molecule has 1 heterocycles. The second-order valence-corrected chi connectivity index (χ2v) is 10.5. The van der Waals surface area contributed by atoms with Crippen LogP contribution in [0.15, 0.2) is 42.5 Å². The number of nitrogens with one attached hydrogen (secondary N) is 1.